The number of amides is 2. The second kappa shape index (κ2) is 5.71. The fourth-order valence-corrected chi connectivity index (χ4v) is 1.78. The Morgan fingerprint density at radius 2 is 2.26 bits per heavy atom. The molecule has 2 rings (SSSR count). The third kappa shape index (κ3) is 3.23. The van der Waals surface area contributed by atoms with Crippen molar-refractivity contribution in [2.45, 2.75) is 0 Å². The summed E-state index contributed by atoms with van der Waals surface area (Å²) in [6.07, 6.45) is 0. The summed E-state index contributed by atoms with van der Waals surface area (Å²) in [5.41, 5.74) is 0.866. The Hall–Kier alpha value is -2.08. The molecule has 0 atom stereocenters. The maximum Gasteiger partial charge on any atom is 0.262 e. The molecule has 0 unspecified atom stereocenters. The second-order valence-corrected chi connectivity index (χ2v) is 4.57. The van der Waals surface area contributed by atoms with Crippen LogP contribution in [0.5, 0.6) is 5.75 Å². The van der Waals surface area contributed by atoms with Crippen LogP contribution in [0, 0.1) is 0 Å². The van der Waals surface area contributed by atoms with E-state index in [1.54, 1.807) is 18.2 Å². The molecule has 0 bridgehead atoms. The lowest BCUT2D eigenvalue weighted by Crippen LogP contribution is -2.33. The van der Waals surface area contributed by atoms with Gasteiger partial charge in [-0.05, 0) is 26.2 Å². The Morgan fingerprint density at radius 1 is 1.47 bits per heavy atom. The number of para-hydroxylation sites is 1. The van der Waals surface area contributed by atoms with E-state index in [1.165, 1.54) is 0 Å². The number of nitrogens with one attached hydrogen (secondary N) is 2. The summed E-state index contributed by atoms with van der Waals surface area (Å²) < 4.78 is 5.27. The highest BCUT2D eigenvalue weighted by molar-refractivity contribution is 6.06. The lowest BCUT2D eigenvalue weighted by molar-refractivity contribution is -0.118. The Bertz CT molecular complexity index is 500. The van der Waals surface area contributed by atoms with Crippen molar-refractivity contribution in [2.24, 2.45) is 0 Å². The molecule has 6 nitrogen and oxygen atoms in total. The van der Waals surface area contributed by atoms with Crippen molar-refractivity contribution in [1.82, 2.24) is 10.2 Å². The van der Waals surface area contributed by atoms with Gasteiger partial charge in [-0.3, -0.25) is 9.59 Å². The standard InChI is InChI=1S/C13H17N3O3/c1-16(2)7-6-14-13(18)9-4-3-5-10-12(9)15-11(17)8-19-10/h3-5H,6-8H2,1-2H3,(H,14,18)(H,15,17). The number of ether oxygens (including phenoxy) is 1. The number of carbonyl (C=O) groups is 2. The Kier molecular flexibility index (Phi) is 4.01. The quantitative estimate of drug-likeness (QED) is 0.820. The zero-order chi connectivity index (χ0) is 13.8. The molecule has 2 amide bonds. The van der Waals surface area contributed by atoms with Crippen LogP contribution in [-0.4, -0.2) is 50.5 Å². The number of fused-ring (bicyclic) bond motifs is 1. The smallest absolute Gasteiger partial charge is 0.262 e. The fourth-order valence-electron chi connectivity index (χ4n) is 1.78. The van der Waals surface area contributed by atoms with Crippen molar-refractivity contribution in [3.8, 4) is 5.75 Å². The molecule has 1 aliphatic heterocycles. The van der Waals surface area contributed by atoms with E-state index >= 15 is 0 Å². The molecule has 0 radical (unpaired) electrons. The van der Waals surface area contributed by atoms with Crippen molar-refractivity contribution in [2.75, 3.05) is 39.1 Å². The third-order valence-corrected chi connectivity index (χ3v) is 2.74. The number of nitrogens with zero attached hydrogens (tertiary/aromatic N) is 1. The van der Waals surface area contributed by atoms with E-state index in [1.807, 2.05) is 19.0 Å². The number of anilines is 1. The fraction of sp³-hybridized carbons (Fsp3) is 0.385. The summed E-state index contributed by atoms with van der Waals surface area (Å²) in [6.45, 7) is 1.28. The second-order valence-electron chi connectivity index (χ2n) is 4.57. The van der Waals surface area contributed by atoms with Gasteiger partial charge in [0.25, 0.3) is 11.8 Å². The van der Waals surface area contributed by atoms with Gasteiger partial charge in [0.2, 0.25) is 0 Å². The molecule has 0 saturated carbocycles. The summed E-state index contributed by atoms with van der Waals surface area (Å²) in [6, 6.07) is 5.13. The van der Waals surface area contributed by atoms with Gasteiger partial charge in [-0.15, -0.1) is 0 Å². The number of benzene rings is 1. The summed E-state index contributed by atoms with van der Waals surface area (Å²) in [5, 5.41) is 5.48. The molecule has 6 heteroatoms. The number of hydrogen-bond acceptors (Lipinski definition) is 4. The molecule has 1 aliphatic rings. The zero-order valence-electron chi connectivity index (χ0n) is 11.0. The van der Waals surface area contributed by atoms with Crippen molar-refractivity contribution >= 4 is 17.5 Å². The number of rotatable bonds is 4. The van der Waals surface area contributed by atoms with E-state index in [4.69, 9.17) is 4.74 Å². The highest BCUT2D eigenvalue weighted by Crippen LogP contribution is 2.30. The molecule has 1 heterocycles. The lowest BCUT2D eigenvalue weighted by Gasteiger charge is -2.20. The van der Waals surface area contributed by atoms with Crippen LogP contribution < -0.4 is 15.4 Å². The molecule has 2 N–H and O–H groups in total. The molecule has 0 aliphatic carbocycles. The van der Waals surface area contributed by atoms with Gasteiger partial charge in [0.05, 0.1) is 11.3 Å². The van der Waals surface area contributed by atoms with Crippen LogP contribution in [-0.2, 0) is 4.79 Å². The highest BCUT2D eigenvalue weighted by Gasteiger charge is 2.21. The first-order valence-corrected chi connectivity index (χ1v) is 6.06. The van der Waals surface area contributed by atoms with Gasteiger partial charge in [-0.2, -0.15) is 0 Å². The van der Waals surface area contributed by atoms with Gasteiger partial charge >= 0.3 is 0 Å². The molecule has 1 aromatic carbocycles. The first kappa shape index (κ1) is 13.4. The van der Waals surface area contributed by atoms with Crippen molar-refractivity contribution in [1.29, 1.82) is 0 Å². The monoisotopic (exact) mass is 263 g/mol. The topological polar surface area (TPSA) is 70.7 Å². The molecule has 0 fully saturated rings. The minimum Gasteiger partial charge on any atom is -0.482 e. The summed E-state index contributed by atoms with van der Waals surface area (Å²) in [5.74, 6) is 0.0606. The number of carbonyl (C=O) groups excluding carboxylic acids is 2. The predicted octanol–water partition coefficient (Wildman–Crippen LogP) is 0.309. The minimum atomic E-state index is -0.249. The van der Waals surface area contributed by atoms with Crippen LogP contribution in [0.3, 0.4) is 0 Å². The molecule has 0 spiro atoms. The van der Waals surface area contributed by atoms with Crippen LogP contribution in [0.4, 0.5) is 5.69 Å². The maximum atomic E-state index is 12.1. The van der Waals surface area contributed by atoms with E-state index < -0.39 is 0 Å². The van der Waals surface area contributed by atoms with Gasteiger partial charge in [-0.25, -0.2) is 0 Å². The Balaban J connectivity index is 2.11. The Labute approximate surface area is 111 Å². The third-order valence-electron chi connectivity index (χ3n) is 2.74. The van der Waals surface area contributed by atoms with Crippen molar-refractivity contribution in [3.63, 3.8) is 0 Å². The minimum absolute atomic E-state index is 0.0152. The molecule has 19 heavy (non-hydrogen) atoms. The lowest BCUT2D eigenvalue weighted by atomic mass is 10.1. The SMILES string of the molecule is CN(C)CCNC(=O)c1cccc2c1NC(=O)CO2. The largest absolute Gasteiger partial charge is 0.482 e. The molecule has 1 aromatic rings. The zero-order valence-corrected chi connectivity index (χ0v) is 11.0. The normalized spacial score (nSPS) is 13.5. The van der Waals surface area contributed by atoms with E-state index in [2.05, 4.69) is 10.6 Å². The van der Waals surface area contributed by atoms with Gasteiger partial charge in [0, 0.05) is 13.1 Å². The number of likely N-dealkylation sites (N-methyl/N-ethyl adjacent to an activating group) is 1. The first-order valence-electron chi connectivity index (χ1n) is 6.06. The van der Waals surface area contributed by atoms with E-state index in [0.29, 0.717) is 23.5 Å². The van der Waals surface area contributed by atoms with E-state index in [-0.39, 0.29) is 18.4 Å². The first-order chi connectivity index (χ1) is 9.08. The predicted molar refractivity (Wildman–Crippen MR) is 71.5 cm³/mol. The van der Waals surface area contributed by atoms with Crippen LogP contribution >= 0.6 is 0 Å². The van der Waals surface area contributed by atoms with Crippen LogP contribution in [0.25, 0.3) is 0 Å². The van der Waals surface area contributed by atoms with Crippen LogP contribution in [0.1, 0.15) is 10.4 Å². The van der Waals surface area contributed by atoms with Gasteiger partial charge in [0.15, 0.2) is 6.61 Å². The summed E-state index contributed by atoms with van der Waals surface area (Å²) in [7, 11) is 3.87. The van der Waals surface area contributed by atoms with Gasteiger partial charge in [-0.1, -0.05) is 6.07 Å². The molecular weight excluding hydrogens is 246 g/mol. The van der Waals surface area contributed by atoms with Crippen molar-refractivity contribution < 1.29 is 14.3 Å². The van der Waals surface area contributed by atoms with Gasteiger partial charge < -0.3 is 20.3 Å². The summed E-state index contributed by atoms with van der Waals surface area (Å²) in [4.78, 5) is 25.4. The van der Waals surface area contributed by atoms with E-state index in [9.17, 15) is 9.59 Å². The average Bonchev–Trinajstić information content (AvgIpc) is 2.37. The maximum absolute atomic E-state index is 12.1. The van der Waals surface area contributed by atoms with Crippen LogP contribution in [0.2, 0.25) is 0 Å². The molecule has 102 valence electrons. The molecule has 0 saturated heterocycles. The average molecular weight is 263 g/mol. The summed E-state index contributed by atoms with van der Waals surface area (Å²) >= 11 is 0. The van der Waals surface area contributed by atoms with Crippen LogP contribution in [0.15, 0.2) is 18.2 Å². The van der Waals surface area contributed by atoms with Gasteiger partial charge in [0.1, 0.15) is 5.75 Å². The Morgan fingerprint density at radius 3 is 3.00 bits per heavy atom. The number of hydrogen-bond donors (Lipinski definition) is 2. The van der Waals surface area contributed by atoms with E-state index in [0.717, 1.165) is 6.54 Å². The molecular formula is C13H17N3O3. The molecule has 0 aromatic heterocycles. The van der Waals surface area contributed by atoms with Crippen molar-refractivity contribution in [3.05, 3.63) is 23.8 Å². The highest BCUT2D eigenvalue weighted by atomic mass is 16.5.